The number of aromatic nitrogens is 1. The minimum atomic E-state index is -0.637. The molecule has 1 aliphatic heterocycles. The molecule has 2 heterocycles. The predicted molar refractivity (Wildman–Crippen MR) is 59.5 cm³/mol. The first kappa shape index (κ1) is 11.5. The van der Waals surface area contributed by atoms with E-state index >= 15 is 0 Å². The summed E-state index contributed by atoms with van der Waals surface area (Å²) in [5.41, 5.74) is 5.64. The van der Waals surface area contributed by atoms with Gasteiger partial charge >= 0.3 is 0 Å². The number of primary amides is 1. The summed E-state index contributed by atoms with van der Waals surface area (Å²) in [6.45, 7) is 2.21. The van der Waals surface area contributed by atoms with Gasteiger partial charge in [0.25, 0.3) is 11.8 Å². The van der Waals surface area contributed by atoms with Crippen molar-refractivity contribution >= 4 is 11.8 Å². The van der Waals surface area contributed by atoms with Crippen molar-refractivity contribution in [1.29, 1.82) is 0 Å². The molecule has 2 rings (SSSR count). The molecule has 1 fully saturated rings. The third kappa shape index (κ3) is 2.59. The molecule has 0 radical (unpaired) electrons. The molecule has 1 aromatic heterocycles. The molecule has 1 aliphatic rings. The monoisotopic (exact) mass is 235 g/mol. The van der Waals surface area contributed by atoms with Gasteiger partial charge in [-0.25, -0.2) is 0 Å². The van der Waals surface area contributed by atoms with Crippen LogP contribution in [0.25, 0.3) is 0 Å². The van der Waals surface area contributed by atoms with Gasteiger partial charge < -0.3 is 15.4 Å². The van der Waals surface area contributed by atoms with E-state index in [9.17, 15) is 9.59 Å². The van der Waals surface area contributed by atoms with Crippen molar-refractivity contribution in [2.24, 2.45) is 5.73 Å². The summed E-state index contributed by atoms with van der Waals surface area (Å²) in [4.78, 5) is 28.5. The van der Waals surface area contributed by atoms with Gasteiger partial charge in [-0.1, -0.05) is 0 Å². The number of ether oxygens (including phenoxy) is 1. The van der Waals surface area contributed by atoms with E-state index in [1.54, 1.807) is 11.0 Å². The molecular weight excluding hydrogens is 222 g/mol. The first-order valence-electron chi connectivity index (χ1n) is 5.31. The lowest BCUT2D eigenvalue weighted by molar-refractivity contribution is 0.0303. The standard InChI is InChI=1S/C11H13N3O3/c12-10(15)9-7-8(1-2-13-9)11(16)14-3-5-17-6-4-14/h1-2,7H,3-6H2,(H2,12,15). The number of hydrogen-bond acceptors (Lipinski definition) is 4. The summed E-state index contributed by atoms with van der Waals surface area (Å²) in [5.74, 6) is -0.764. The van der Waals surface area contributed by atoms with Crippen molar-refractivity contribution in [1.82, 2.24) is 9.88 Å². The van der Waals surface area contributed by atoms with E-state index in [0.29, 0.717) is 31.9 Å². The van der Waals surface area contributed by atoms with Gasteiger partial charge in [0.1, 0.15) is 5.69 Å². The number of nitrogens with zero attached hydrogens (tertiary/aromatic N) is 2. The fraction of sp³-hybridized carbons (Fsp3) is 0.364. The minimum absolute atomic E-state index is 0.101. The summed E-state index contributed by atoms with van der Waals surface area (Å²) in [6, 6.07) is 2.99. The van der Waals surface area contributed by atoms with Crippen molar-refractivity contribution < 1.29 is 14.3 Å². The number of nitrogens with two attached hydrogens (primary N) is 1. The molecule has 0 aromatic carbocycles. The lowest BCUT2D eigenvalue weighted by atomic mass is 10.2. The van der Waals surface area contributed by atoms with E-state index in [-0.39, 0.29) is 11.6 Å². The Hall–Kier alpha value is -1.95. The van der Waals surface area contributed by atoms with Crippen LogP contribution in [0.15, 0.2) is 18.3 Å². The zero-order valence-corrected chi connectivity index (χ0v) is 9.26. The van der Waals surface area contributed by atoms with Gasteiger partial charge in [0.2, 0.25) is 0 Å². The average molecular weight is 235 g/mol. The van der Waals surface area contributed by atoms with Gasteiger partial charge in [0.05, 0.1) is 13.2 Å². The Morgan fingerprint density at radius 1 is 1.35 bits per heavy atom. The fourth-order valence-electron chi connectivity index (χ4n) is 1.65. The molecule has 0 aliphatic carbocycles. The third-order valence-electron chi connectivity index (χ3n) is 2.56. The molecule has 1 saturated heterocycles. The van der Waals surface area contributed by atoms with Crippen molar-refractivity contribution in [3.05, 3.63) is 29.6 Å². The maximum atomic E-state index is 12.1. The van der Waals surface area contributed by atoms with Gasteiger partial charge in [0, 0.05) is 24.8 Å². The van der Waals surface area contributed by atoms with Crippen molar-refractivity contribution in [2.75, 3.05) is 26.3 Å². The molecule has 6 nitrogen and oxygen atoms in total. The van der Waals surface area contributed by atoms with Crippen LogP contribution < -0.4 is 5.73 Å². The number of carbonyl (C=O) groups excluding carboxylic acids is 2. The molecule has 0 spiro atoms. The SMILES string of the molecule is NC(=O)c1cc(C(=O)N2CCOCC2)ccn1. The molecule has 17 heavy (non-hydrogen) atoms. The Labute approximate surface area is 98.4 Å². The lowest BCUT2D eigenvalue weighted by Crippen LogP contribution is -2.40. The molecule has 2 N–H and O–H groups in total. The second-order valence-electron chi connectivity index (χ2n) is 3.70. The van der Waals surface area contributed by atoms with Gasteiger partial charge in [-0.3, -0.25) is 14.6 Å². The Morgan fingerprint density at radius 3 is 2.71 bits per heavy atom. The van der Waals surface area contributed by atoms with Crippen LogP contribution in [-0.2, 0) is 4.74 Å². The zero-order valence-electron chi connectivity index (χ0n) is 9.26. The predicted octanol–water partition coefficient (Wildman–Crippen LogP) is -0.347. The van der Waals surface area contributed by atoms with E-state index < -0.39 is 5.91 Å². The summed E-state index contributed by atoms with van der Waals surface area (Å²) in [6.07, 6.45) is 1.41. The normalized spacial score (nSPS) is 15.6. The zero-order chi connectivity index (χ0) is 12.3. The first-order chi connectivity index (χ1) is 8.18. The quantitative estimate of drug-likeness (QED) is 0.759. The molecule has 0 atom stereocenters. The van der Waals surface area contributed by atoms with E-state index in [0.717, 1.165) is 0 Å². The van der Waals surface area contributed by atoms with Crippen molar-refractivity contribution in [3.63, 3.8) is 0 Å². The molecule has 0 saturated carbocycles. The largest absolute Gasteiger partial charge is 0.378 e. The number of carbonyl (C=O) groups is 2. The lowest BCUT2D eigenvalue weighted by Gasteiger charge is -2.26. The summed E-state index contributed by atoms with van der Waals surface area (Å²) in [5, 5.41) is 0. The average Bonchev–Trinajstić information content (AvgIpc) is 2.39. The Balaban J connectivity index is 2.18. The number of morpholine rings is 1. The Kier molecular flexibility index (Phi) is 3.34. The molecule has 1 aromatic rings. The second-order valence-corrected chi connectivity index (χ2v) is 3.70. The van der Waals surface area contributed by atoms with Crippen LogP contribution >= 0.6 is 0 Å². The number of pyridine rings is 1. The van der Waals surface area contributed by atoms with E-state index in [4.69, 9.17) is 10.5 Å². The molecule has 90 valence electrons. The third-order valence-corrected chi connectivity index (χ3v) is 2.56. The van der Waals surface area contributed by atoms with Crippen molar-refractivity contribution in [3.8, 4) is 0 Å². The Bertz CT molecular complexity index is 441. The topological polar surface area (TPSA) is 85.5 Å². The maximum Gasteiger partial charge on any atom is 0.267 e. The molecular formula is C11H13N3O3. The smallest absolute Gasteiger partial charge is 0.267 e. The van der Waals surface area contributed by atoms with E-state index in [1.807, 2.05) is 0 Å². The summed E-state index contributed by atoms with van der Waals surface area (Å²) < 4.78 is 5.17. The fourth-order valence-corrected chi connectivity index (χ4v) is 1.65. The minimum Gasteiger partial charge on any atom is -0.378 e. The number of rotatable bonds is 2. The highest BCUT2D eigenvalue weighted by atomic mass is 16.5. The summed E-state index contributed by atoms with van der Waals surface area (Å²) in [7, 11) is 0. The van der Waals surface area contributed by atoms with Gasteiger partial charge in [-0.2, -0.15) is 0 Å². The second kappa shape index (κ2) is 4.92. The summed E-state index contributed by atoms with van der Waals surface area (Å²) >= 11 is 0. The van der Waals surface area contributed by atoms with E-state index in [2.05, 4.69) is 4.98 Å². The highest BCUT2D eigenvalue weighted by molar-refractivity contribution is 5.97. The maximum absolute atomic E-state index is 12.1. The highest BCUT2D eigenvalue weighted by Crippen LogP contribution is 2.08. The highest BCUT2D eigenvalue weighted by Gasteiger charge is 2.19. The van der Waals surface area contributed by atoms with Crippen LogP contribution in [0.2, 0.25) is 0 Å². The number of hydrogen-bond donors (Lipinski definition) is 1. The van der Waals surface area contributed by atoms with Crippen LogP contribution in [-0.4, -0.2) is 48.0 Å². The molecule has 6 heteroatoms. The molecule has 2 amide bonds. The van der Waals surface area contributed by atoms with Crippen LogP contribution in [0.5, 0.6) is 0 Å². The Morgan fingerprint density at radius 2 is 2.06 bits per heavy atom. The molecule has 0 bridgehead atoms. The van der Waals surface area contributed by atoms with Crippen LogP contribution in [0.1, 0.15) is 20.8 Å². The van der Waals surface area contributed by atoms with Gasteiger partial charge in [-0.15, -0.1) is 0 Å². The van der Waals surface area contributed by atoms with Crippen LogP contribution in [0.3, 0.4) is 0 Å². The van der Waals surface area contributed by atoms with Gasteiger partial charge in [0.15, 0.2) is 0 Å². The number of amides is 2. The van der Waals surface area contributed by atoms with Crippen LogP contribution in [0, 0.1) is 0 Å². The van der Waals surface area contributed by atoms with Gasteiger partial charge in [-0.05, 0) is 12.1 Å². The van der Waals surface area contributed by atoms with E-state index in [1.165, 1.54) is 12.3 Å². The van der Waals surface area contributed by atoms with Crippen molar-refractivity contribution in [2.45, 2.75) is 0 Å². The molecule has 0 unspecified atom stereocenters. The van der Waals surface area contributed by atoms with Crippen LogP contribution in [0.4, 0.5) is 0 Å². The first-order valence-corrected chi connectivity index (χ1v) is 5.31.